The van der Waals surface area contributed by atoms with E-state index in [4.69, 9.17) is 11.6 Å². The van der Waals surface area contributed by atoms with Crippen molar-refractivity contribution in [3.05, 3.63) is 77.2 Å². The summed E-state index contributed by atoms with van der Waals surface area (Å²) < 4.78 is 4.95. The largest absolute Gasteiger partial charge is 0.257 e. The lowest BCUT2D eigenvalue weighted by molar-refractivity contribution is -0.695. The first kappa shape index (κ1) is 15.5. The van der Waals surface area contributed by atoms with Gasteiger partial charge in [0, 0.05) is 17.0 Å². The average Bonchev–Trinajstić information content (AvgIpc) is 2.80. The summed E-state index contributed by atoms with van der Waals surface area (Å²) in [5, 5.41) is 0.796. The van der Waals surface area contributed by atoms with Gasteiger partial charge >= 0.3 is 0 Å². The van der Waals surface area contributed by atoms with Gasteiger partial charge in [0.15, 0.2) is 5.69 Å². The molecule has 4 rings (SSSR count). The van der Waals surface area contributed by atoms with Crippen LogP contribution in [0, 0.1) is 0 Å². The molecule has 1 aliphatic rings. The zero-order chi connectivity index (χ0) is 16.4. The Kier molecular flexibility index (Phi) is 4.40. The molecule has 0 unspecified atom stereocenters. The Morgan fingerprint density at radius 1 is 0.917 bits per heavy atom. The summed E-state index contributed by atoms with van der Waals surface area (Å²) in [7, 11) is 0. The second kappa shape index (κ2) is 6.82. The molecule has 2 nitrogen and oxygen atoms in total. The minimum absolute atomic E-state index is 0.796. The molecular weight excluding hydrogens is 316 g/mol. The monoisotopic (exact) mass is 337 g/mol. The topological polar surface area (TPSA) is 8.81 Å². The summed E-state index contributed by atoms with van der Waals surface area (Å²) in [5.74, 6) is 1.45. The smallest absolute Gasteiger partial charge is 0.229 e. The highest BCUT2D eigenvalue weighted by atomic mass is 35.5. The highest BCUT2D eigenvalue weighted by molar-refractivity contribution is 6.30. The van der Waals surface area contributed by atoms with Crippen LogP contribution in [0.1, 0.15) is 30.7 Å². The number of rotatable bonds is 3. The van der Waals surface area contributed by atoms with Gasteiger partial charge in [0.05, 0.1) is 6.54 Å². The van der Waals surface area contributed by atoms with Crippen molar-refractivity contribution in [2.75, 3.05) is 0 Å². The Morgan fingerprint density at radius 2 is 1.71 bits per heavy atom. The van der Waals surface area contributed by atoms with Crippen LogP contribution >= 0.6 is 11.6 Å². The maximum Gasteiger partial charge on any atom is 0.257 e. The van der Waals surface area contributed by atoms with Gasteiger partial charge in [-0.05, 0) is 37.0 Å². The molecule has 0 aliphatic carbocycles. The quantitative estimate of drug-likeness (QED) is 0.603. The van der Waals surface area contributed by atoms with Crippen LogP contribution in [0.4, 0.5) is 0 Å². The van der Waals surface area contributed by atoms with Crippen LogP contribution in [0.25, 0.3) is 11.3 Å². The number of hydrogen-bond acceptors (Lipinski definition) is 0. The van der Waals surface area contributed by atoms with E-state index in [1.807, 2.05) is 12.1 Å². The third-order valence-electron chi connectivity index (χ3n) is 4.83. The molecule has 1 aromatic heterocycles. The van der Waals surface area contributed by atoms with Crippen molar-refractivity contribution in [1.29, 1.82) is 0 Å². The van der Waals surface area contributed by atoms with Crippen LogP contribution in [-0.4, -0.2) is 4.57 Å². The molecule has 3 aromatic rings. The van der Waals surface area contributed by atoms with Crippen molar-refractivity contribution in [2.45, 2.75) is 38.8 Å². The van der Waals surface area contributed by atoms with Crippen molar-refractivity contribution >= 4 is 11.6 Å². The second-order valence-corrected chi connectivity index (χ2v) is 6.95. The fourth-order valence-corrected chi connectivity index (χ4v) is 3.73. The molecule has 2 heterocycles. The Balaban J connectivity index is 1.76. The first-order valence-corrected chi connectivity index (χ1v) is 9.11. The summed E-state index contributed by atoms with van der Waals surface area (Å²) in [5.41, 5.74) is 3.93. The number of benzene rings is 2. The fraction of sp³-hybridized carbons (Fsp3) is 0.286. The average molecular weight is 338 g/mol. The summed E-state index contributed by atoms with van der Waals surface area (Å²) in [6, 6.07) is 18.9. The van der Waals surface area contributed by atoms with Gasteiger partial charge in [-0.1, -0.05) is 54.1 Å². The van der Waals surface area contributed by atoms with Gasteiger partial charge in [0.2, 0.25) is 0 Å². The third-order valence-corrected chi connectivity index (χ3v) is 5.08. The number of halogens is 1. The highest BCUT2D eigenvalue weighted by Gasteiger charge is 2.25. The Bertz CT molecular complexity index is 819. The van der Waals surface area contributed by atoms with Gasteiger partial charge in [-0.15, -0.1) is 0 Å². The number of imidazole rings is 1. The fourth-order valence-electron chi connectivity index (χ4n) is 3.61. The summed E-state index contributed by atoms with van der Waals surface area (Å²) >= 11 is 6.02. The molecule has 0 bridgehead atoms. The van der Waals surface area contributed by atoms with E-state index in [9.17, 15) is 0 Å². The summed E-state index contributed by atoms with van der Waals surface area (Å²) in [6.07, 6.45) is 7.34. The molecule has 0 amide bonds. The van der Waals surface area contributed by atoms with Crippen LogP contribution < -0.4 is 4.57 Å². The van der Waals surface area contributed by atoms with Gasteiger partial charge in [-0.2, -0.15) is 0 Å². The van der Waals surface area contributed by atoms with Gasteiger partial charge < -0.3 is 0 Å². The molecule has 0 saturated heterocycles. The van der Waals surface area contributed by atoms with Crippen molar-refractivity contribution < 1.29 is 4.57 Å². The van der Waals surface area contributed by atoms with Gasteiger partial charge in [-0.3, -0.25) is 0 Å². The molecule has 0 fully saturated rings. The second-order valence-electron chi connectivity index (χ2n) is 6.51. The predicted molar refractivity (Wildman–Crippen MR) is 98.2 cm³/mol. The lowest BCUT2D eigenvalue weighted by Crippen LogP contribution is -2.37. The van der Waals surface area contributed by atoms with Gasteiger partial charge in [-0.25, -0.2) is 9.13 Å². The predicted octanol–water partition coefficient (Wildman–Crippen LogP) is 4.87. The first-order chi connectivity index (χ1) is 11.8. The minimum atomic E-state index is 0.796. The Labute approximate surface area is 148 Å². The van der Waals surface area contributed by atoms with Crippen LogP contribution in [0.15, 0.2) is 60.8 Å². The molecule has 0 radical (unpaired) electrons. The lowest BCUT2D eigenvalue weighted by atomic mass is 10.1. The molecule has 3 heteroatoms. The van der Waals surface area contributed by atoms with E-state index in [1.165, 1.54) is 41.9 Å². The summed E-state index contributed by atoms with van der Waals surface area (Å²) in [6.45, 7) is 2.02. The van der Waals surface area contributed by atoms with Gasteiger partial charge in [0.25, 0.3) is 5.82 Å². The molecule has 1 aliphatic heterocycles. The number of fused-ring (bicyclic) bond motifs is 1. The number of aromatic nitrogens is 2. The summed E-state index contributed by atoms with van der Waals surface area (Å²) in [4.78, 5) is 0. The van der Waals surface area contributed by atoms with Crippen molar-refractivity contribution in [1.82, 2.24) is 4.57 Å². The Hall–Kier alpha value is -2.06. The SMILES string of the molecule is Clc1ccc(C[n+]2cc(-c3ccccc3)n3c2CCCCC3)cc1. The van der Waals surface area contributed by atoms with E-state index in [0.29, 0.717) is 0 Å². The van der Waals surface area contributed by atoms with Crippen molar-refractivity contribution in [3.63, 3.8) is 0 Å². The molecule has 0 saturated carbocycles. The normalized spacial score (nSPS) is 14.2. The van der Waals surface area contributed by atoms with Crippen LogP contribution in [0.2, 0.25) is 5.02 Å². The van der Waals surface area contributed by atoms with E-state index in [1.54, 1.807) is 0 Å². The van der Waals surface area contributed by atoms with E-state index in [2.05, 4.69) is 57.8 Å². The number of hydrogen-bond donors (Lipinski definition) is 0. The molecule has 0 spiro atoms. The van der Waals surface area contributed by atoms with Crippen molar-refractivity contribution in [2.24, 2.45) is 0 Å². The molecule has 24 heavy (non-hydrogen) atoms. The lowest BCUT2D eigenvalue weighted by Gasteiger charge is -2.03. The zero-order valence-corrected chi connectivity index (χ0v) is 14.5. The zero-order valence-electron chi connectivity index (χ0n) is 13.8. The number of nitrogens with zero attached hydrogens (tertiary/aromatic N) is 2. The van der Waals surface area contributed by atoms with E-state index < -0.39 is 0 Å². The molecule has 0 atom stereocenters. The Morgan fingerprint density at radius 3 is 2.50 bits per heavy atom. The van der Waals surface area contributed by atoms with Crippen molar-refractivity contribution in [3.8, 4) is 11.3 Å². The van der Waals surface area contributed by atoms with E-state index in [-0.39, 0.29) is 0 Å². The maximum absolute atomic E-state index is 6.02. The minimum Gasteiger partial charge on any atom is -0.229 e. The standard InChI is InChI=1S/C21H22ClN2/c22-19-12-10-17(11-13-19)15-23-16-20(18-7-3-1-4-8-18)24-14-6-2-5-9-21(23)24/h1,3-4,7-8,10-13,16H,2,5-6,9,14-15H2/q+1. The third kappa shape index (κ3) is 3.11. The molecule has 2 aromatic carbocycles. The van der Waals surface area contributed by atoms with Crippen LogP contribution in [0.5, 0.6) is 0 Å². The van der Waals surface area contributed by atoms with Crippen LogP contribution in [-0.2, 0) is 19.5 Å². The highest BCUT2D eigenvalue weighted by Crippen LogP contribution is 2.24. The van der Waals surface area contributed by atoms with E-state index >= 15 is 0 Å². The van der Waals surface area contributed by atoms with Gasteiger partial charge in [0.1, 0.15) is 12.7 Å². The first-order valence-electron chi connectivity index (χ1n) is 8.73. The molecular formula is C21H22ClN2+. The van der Waals surface area contributed by atoms with Crippen LogP contribution in [0.3, 0.4) is 0 Å². The maximum atomic E-state index is 6.02. The molecule has 0 N–H and O–H groups in total. The molecule has 122 valence electrons. The van der Waals surface area contributed by atoms with E-state index in [0.717, 1.165) is 24.5 Å².